The summed E-state index contributed by atoms with van der Waals surface area (Å²) in [5.41, 5.74) is 2.58. The SMILES string of the molecule is Cl.Fc1ccccc1-c1c[nH]c2ccccc12. The number of fused-ring (bicyclic) bond motifs is 1. The van der Waals surface area contributed by atoms with Gasteiger partial charge in [0, 0.05) is 28.2 Å². The molecule has 0 radical (unpaired) electrons. The molecule has 1 heterocycles. The second-order valence-electron chi connectivity index (χ2n) is 3.73. The maximum atomic E-state index is 13.7. The van der Waals surface area contributed by atoms with Gasteiger partial charge in [-0.1, -0.05) is 36.4 Å². The Bertz CT molecular complexity index is 645. The summed E-state index contributed by atoms with van der Waals surface area (Å²) in [7, 11) is 0. The Labute approximate surface area is 105 Å². The molecule has 1 N–H and O–H groups in total. The molecule has 86 valence electrons. The van der Waals surface area contributed by atoms with E-state index in [1.807, 2.05) is 36.5 Å². The van der Waals surface area contributed by atoms with Gasteiger partial charge in [-0.2, -0.15) is 0 Å². The molecule has 3 rings (SSSR count). The van der Waals surface area contributed by atoms with Crippen LogP contribution in [0.1, 0.15) is 0 Å². The molecule has 3 aromatic rings. The summed E-state index contributed by atoms with van der Waals surface area (Å²) in [6.07, 6.45) is 1.85. The van der Waals surface area contributed by atoms with E-state index < -0.39 is 0 Å². The lowest BCUT2D eigenvalue weighted by atomic mass is 10.0. The van der Waals surface area contributed by atoms with Crippen LogP contribution in [0.5, 0.6) is 0 Å². The van der Waals surface area contributed by atoms with Crippen molar-refractivity contribution in [1.29, 1.82) is 0 Å². The first kappa shape index (κ1) is 11.7. The first-order valence-electron chi connectivity index (χ1n) is 5.17. The zero-order valence-corrected chi connectivity index (χ0v) is 9.80. The number of para-hydroxylation sites is 1. The molecule has 0 amide bonds. The highest BCUT2D eigenvalue weighted by Gasteiger charge is 2.08. The van der Waals surface area contributed by atoms with Crippen LogP contribution in [0.15, 0.2) is 54.7 Å². The minimum Gasteiger partial charge on any atom is -0.361 e. The Morgan fingerprint density at radius 2 is 1.53 bits per heavy atom. The van der Waals surface area contributed by atoms with Crippen LogP contribution >= 0.6 is 12.4 Å². The van der Waals surface area contributed by atoms with E-state index in [1.54, 1.807) is 12.1 Å². The summed E-state index contributed by atoms with van der Waals surface area (Å²) in [5.74, 6) is -0.188. The zero-order valence-electron chi connectivity index (χ0n) is 8.98. The molecule has 17 heavy (non-hydrogen) atoms. The topological polar surface area (TPSA) is 15.8 Å². The van der Waals surface area contributed by atoms with E-state index in [2.05, 4.69) is 4.98 Å². The average molecular weight is 248 g/mol. The monoisotopic (exact) mass is 247 g/mol. The zero-order chi connectivity index (χ0) is 11.0. The van der Waals surface area contributed by atoms with Crippen molar-refractivity contribution in [3.8, 4) is 11.1 Å². The normalized spacial score (nSPS) is 10.2. The quantitative estimate of drug-likeness (QED) is 0.656. The Morgan fingerprint density at radius 3 is 2.35 bits per heavy atom. The Hall–Kier alpha value is -1.80. The molecule has 0 spiro atoms. The predicted molar refractivity (Wildman–Crippen MR) is 70.9 cm³/mol. The van der Waals surface area contributed by atoms with Gasteiger partial charge >= 0.3 is 0 Å². The van der Waals surface area contributed by atoms with E-state index in [9.17, 15) is 4.39 Å². The van der Waals surface area contributed by atoms with Gasteiger partial charge in [-0.3, -0.25) is 0 Å². The maximum Gasteiger partial charge on any atom is 0.131 e. The standard InChI is InChI=1S/C14H10FN.ClH/c15-13-7-3-1-5-10(13)12-9-16-14-8-4-2-6-11(12)14;/h1-9,16H;1H. The number of hydrogen-bond donors (Lipinski definition) is 1. The van der Waals surface area contributed by atoms with Crippen molar-refractivity contribution in [2.24, 2.45) is 0 Å². The number of halogens is 2. The van der Waals surface area contributed by atoms with Gasteiger partial charge in [0.15, 0.2) is 0 Å². The number of nitrogens with one attached hydrogen (secondary N) is 1. The third-order valence-corrected chi connectivity index (χ3v) is 2.75. The molecule has 0 fully saturated rings. The molecule has 3 heteroatoms. The molecule has 0 unspecified atom stereocenters. The second kappa shape index (κ2) is 4.60. The molecule has 0 aliphatic rings. The van der Waals surface area contributed by atoms with Gasteiger partial charge in [-0.05, 0) is 12.1 Å². The molecule has 0 aliphatic carbocycles. The lowest BCUT2D eigenvalue weighted by Crippen LogP contribution is -1.81. The minimum absolute atomic E-state index is 0. The van der Waals surface area contributed by atoms with Gasteiger partial charge in [0.2, 0.25) is 0 Å². The molecule has 1 nitrogen and oxygen atoms in total. The van der Waals surface area contributed by atoms with Gasteiger partial charge in [0.05, 0.1) is 0 Å². The minimum atomic E-state index is -0.188. The third kappa shape index (κ3) is 1.92. The molecule has 0 atom stereocenters. The van der Waals surface area contributed by atoms with E-state index in [0.29, 0.717) is 5.56 Å². The van der Waals surface area contributed by atoms with Crippen molar-refractivity contribution in [1.82, 2.24) is 4.98 Å². The summed E-state index contributed by atoms with van der Waals surface area (Å²) < 4.78 is 13.7. The van der Waals surface area contributed by atoms with E-state index >= 15 is 0 Å². The number of aromatic nitrogens is 1. The van der Waals surface area contributed by atoms with Crippen LogP contribution in [0.2, 0.25) is 0 Å². The number of aromatic amines is 1. The fourth-order valence-electron chi connectivity index (χ4n) is 1.97. The van der Waals surface area contributed by atoms with Crippen LogP contribution in [-0.4, -0.2) is 4.98 Å². The van der Waals surface area contributed by atoms with E-state index in [0.717, 1.165) is 16.5 Å². The van der Waals surface area contributed by atoms with Crippen LogP contribution in [0.25, 0.3) is 22.0 Å². The third-order valence-electron chi connectivity index (χ3n) is 2.75. The fraction of sp³-hybridized carbons (Fsp3) is 0. The molecule has 0 aliphatic heterocycles. The average Bonchev–Trinajstić information content (AvgIpc) is 2.74. The van der Waals surface area contributed by atoms with Crippen molar-refractivity contribution < 1.29 is 4.39 Å². The number of rotatable bonds is 1. The molecule has 0 saturated carbocycles. The van der Waals surface area contributed by atoms with Crippen molar-refractivity contribution in [2.45, 2.75) is 0 Å². The highest BCUT2D eigenvalue weighted by atomic mass is 35.5. The largest absolute Gasteiger partial charge is 0.361 e. The van der Waals surface area contributed by atoms with Crippen LogP contribution < -0.4 is 0 Å². The smallest absolute Gasteiger partial charge is 0.131 e. The predicted octanol–water partition coefficient (Wildman–Crippen LogP) is 4.40. The number of hydrogen-bond acceptors (Lipinski definition) is 0. The van der Waals surface area contributed by atoms with Crippen molar-refractivity contribution in [3.05, 3.63) is 60.5 Å². The van der Waals surface area contributed by atoms with E-state index in [1.165, 1.54) is 6.07 Å². The summed E-state index contributed by atoms with van der Waals surface area (Å²) in [6.45, 7) is 0. The summed E-state index contributed by atoms with van der Waals surface area (Å²) >= 11 is 0. The molecule has 0 bridgehead atoms. The highest BCUT2D eigenvalue weighted by molar-refractivity contribution is 5.95. The summed E-state index contributed by atoms with van der Waals surface area (Å²) in [4.78, 5) is 3.15. The van der Waals surface area contributed by atoms with Gasteiger partial charge in [-0.15, -0.1) is 12.4 Å². The fourth-order valence-corrected chi connectivity index (χ4v) is 1.97. The molecule has 0 saturated heterocycles. The van der Waals surface area contributed by atoms with Gasteiger partial charge < -0.3 is 4.98 Å². The van der Waals surface area contributed by atoms with Crippen molar-refractivity contribution >= 4 is 23.3 Å². The summed E-state index contributed by atoms with van der Waals surface area (Å²) in [5, 5.41) is 1.05. The summed E-state index contributed by atoms with van der Waals surface area (Å²) in [6, 6.07) is 14.7. The van der Waals surface area contributed by atoms with Crippen molar-refractivity contribution in [3.63, 3.8) is 0 Å². The maximum absolute atomic E-state index is 13.7. The Morgan fingerprint density at radius 1 is 0.824 bits per heavy atom. The number of H-pyrrole nitrogens is 1. The van der Waals surface area contributed by atoms with Crippen LogP contribution in [-0.2, 0) is 0 Å². The van der Waals surface area contributed by atoms with Crippen LogP contribution in [0.3, 0.4) is 0 Å². The number of benzene rings is 2. The Balaban J connectivity index is 0.00000108. The van der Waals surface area contributed by atoms with Gasteiger partial charge in [-0.25, -0.2) is 4.39 Å². The van der Waals surface area contributed by atoms with Gasteiger partial charge in [0.1, 0.15) is 5.82 Å². The molecular weight excluding hydrogens is 237 g/mol. The highest BCUT2D eigenvalue weighted by Crippen LogP contribution is 2.29. The van der Waals surface area contributed by atoms with E-state index in [-0.39, 0.29) is 18.2 Å². The molecular formula is C14H11ClFN. The lowest BCUT2D eigenvalue weighted by Gasteiger charge is -2.00. The first-order valence-corrected chi connectivity index (χ1v) is 5.17. The van der Waals surface area contributed by atoms with Crippen LogP contribution in [0.4, 0.5) is 4.39 Å². The second-order valence-corrected chi connectivity index (χ2v) is 3.73. The van der Waals surface area contributed by atoms with E-state index in [4.69, 9.17) is 0 Å². The molecule has 1 aromatic heterocycles. The lowest BCUT2D eigenvalue weighted by molar-refractivity contribution is 0.631. The van der Waals surface area contributed by atoms with Crippen molar-refractivity contribution in [2.75, 3.05) is 0 Å². The van der Waals surface area contributed by atoms with Crippen LogP contribution in [0, 0.1) is 5.82 Å². The Kier molecular flexibility index (Phi) is 3.16. The van der Waals surface area contributed by atoms with Gasteiger partial charge in [0.25, 0.3) is 0 Å². The first-order chi connectivity index (χ1) is 7.86. The molecule has 2 aromatic carbocycles.